The van der Waals surface area contributed by atoms with E-state index in [-0.39, 0.29) is 11.9 Å². The fraction of sp³-hybridized carbons (Fsp3) is 0.533. The number of amides is 1. The molecule has 0 unspecified atom stereocenters. The molecular formula is C15H22ClN3O. The summed E-state index contributed by atoms with van der Waals surface area (Å²) in [5, 5.41) is 3.77. The maximum absolute atomic E-state index is 11.9. The quantitative estimate of drug-likeness (QED) is 0.890. The lowest BCUT2D eigenvalue weighted by Gasteiger charge is -2.22. The Morgan fingerprint density at radius 1 is 1.45 bits per heavy atom. The first-order chi connectivity index (χ1) is 9.34. The Morgan fingerprint density at radius 2 is 2.10 bits per heavy atom. The van der Waals surface area contributed by atoms with Crippen LogP contribution >= 0.6 is 11.6 Å². The third-order valence-electron chi connectivity index (χ3n) is 3.51. The molecule has 3 N–H and O–H groups in total. The lowest BCUT2D eigenvalue weighted by molar-refractivity contribution is -0.125. The number of rotatable bonds is 4. The number of carbonyl (C=O) groups is 1. The Labute approximate surface area is 125 Å². The highest BCUT2D eigenvalue weighted by Crippen LogP contribution is 2.16. The van der Waals surface area contributed by atoms with Crippen LogP contribution in [0, 0.1) is 0 Å². The van der Waals surface area contributed by atoms with Gasteiger partial charge in [-0.2, -0.15) is 0 Å². The highest BCUT2D eigenvalue weighted by Gasteiger charge is 2.28. The number of carbonyl (C=O) groups excluding carboxylic acids is 1. The van der Waals surface area contributed by atoms with Crippen molar-refractivity contribution in [2.75, 3.05) is 13.1 Å². The van der Waals surface area contributed by atoms with Crippen LogP contribution in [0.5, 0.6) is 0 Å². The summed E-state index contributed by atoms with van der Waals surface area (Å²) in [4.78, 5) is 14.2. The van der Waals surface area contributed by atoms with Crippen molar-refractivity contribution >= 4 is 17.5 Å². The average Bonchev–Trinajstić information content (AvgIpc) is 2.78. The molecule has 1 amide bonds. The Kier molecular flexibility index (Phi) is 4.68. The van der Waals surface area contributed by atoms with Gasteiger partial charge < -0.3 is 11.1 Å². The van der Waals surface area contributed by atoms with Crippen molar-refractivity contribution in [1.29, 1.82) is 0 Å². The van der Waals surface area contributed by atoms with E-state index in [4.69, 9.17) is 17.3 Å². The molecule has 1 atom stereocenters. The standard InChI is InChI=1S/C15H22ClN3O/c1-15(2,17)14(20)18-13-7-8-19(10-13)9-11-3-5-12(16)6-4-11/h3-6,13H,7-10,17H2,1-2H3,(H,18,20)/t13-/m1/s1. The van der Waals surface area contributed by atoms with Gasteiger partial charge in [0.2, 0.25) is 5.91 Å². The van der Waals surface area contributed by atoms with Crippen molar-refractivity contribution in [2.45, 2.75) is 38.4 Å². The van der Waals surface area contributed by atoms with E-state index in [1.54, 1.807) is 13.8 Å². The Hall–Kier alpha value is -1.10. The van der Waals surface area contributed by atoms with E-state index in [1.165, 1.54) is 5.56 Å². The van der Waals surface area contributed by atoms with E-state index < -0.39 is 5.54 Å². The molecule has 0 radical (unpaired) electrons. The van der Waals surface area contributed by atoms with Crippen LogP contribution in [0.1, 0.15) is 25.8 Å². The molecule has 20 heavy (non-hydrogen) atoms. The van der Waals surface area contributed by atoms with Gasteiger partial charge in [-0.05, 0) is 38.0 Å². The van der Waals surface area contributed by atoms with Crippen molar-refractivity contribution in [3.63, 3.8) is 0 Å². The summed E-state index contributed by atoms with van der Waals surface area (Å²) in [6.45, 7) is 6.18. The van der Waals surface area contributed by atoms with Gasteiger partial charge in [0, 0.05) is 30.7 Å². The van der Waals surface area contributed by atoms with Crippen molar-refractivity contribution < 1.29 is 4.79 Å². The van der Waals surface area contributed by atoms with Gasteiger partial charge >= 0.3 is 0 Å². The van der Waals surface area contributed by atoms with E-state index in [9.17, 15) is 4.79 Å². The largest absolute Gasteiger partial charge is 0.350 e. The zero-order valence-corrected chi connectivity index (χ0v) is 12.8. The first-order valence-electron chi connectivity index (χ1n) is 6.91. The van der Waals surface area contributed by atoms with E-state index in [0.717, 1.165) is 31.1 Å². The highest BCUT2D eigenvalue weighted by molar-refractivity contribution is 6.30. The molecule has 5 heteroatoms. The SMILES string of the molecule is CC(C)(N)C(=O)N[C@@H]1CCN(Cc2ccc(Cl)cc2)C1. The highest BCUT2D eigenvalue weighted by atomic mass is 35.5. The minimum atomic E-state index is -0.816. The van der Waals surface area contributed by atoms with Crippen LogP contribution in [0.2, 0.25) is 5.02 Å². The summed E-state index contributed by atoms with van der Waals surface area (Å²) in [5.41, 5.74) is 6.21. The van der Waals surface area contributed by atoms with Gasteiger partial charge in [-0.3, -0.25) is 9.69 Å². The van der Waals surface area contributed by atoms with Gasteiger partial charge in [-0.15, -0.1) is 0 Å². The summed E-state index contributed by atoms with van der Waals surface area (Å²) in [6, 6.07) is 8.08. The van der Waals surface area contributed by atoms with Crippen LogP contribution in [-0.2, 0) is 11.3 Å². The molecule has 4 nitrogen and oxygen atoms in total. The first-order valence-corrected chi connectivity index (χ1v) is 7.29. The maximum Gasteiger partial charge on any atom is 0.239 e. The fourth-order valence-electron chi connectivity index (χ4n) is 2.31. The van der Waals surface area contributed by atoms with Crippen molar-refractivity contribution in [2.24, 2.45) is 5.73 Å². The van der Waals surface area contributed by atoms with Gasteiger partial charge in [0.15, 0.2) is 0 Å². The van der Waals surface area contributed by atoms with Crippen LogP contribution in [0.15, 0.2) is 24.3 Å². The molecule has 1 saturated heterocycles. The lowest BCUT2D eigenvalue weighted by Crippen LogP contribution is -2.52. The molecular weight excluding hydrogens is 274 g/mol. The number of hydrogen-bond acceptors (Lipinski definition) is 3. The third-order valence-corrected chi connectivity index (χ3v) is 3.76. The zero-order chi connectivity index (χ0) is 14.8. The average molecular weight is 296 g/mol. The second-order valence-corrected chi connectivity index (χ2v) is 6.48. The van der Waals surface area contributed by atoms with E-state index in [2.05, 4.69) is 10.2 Å². The number of nitrogens with zero attached hydrogens (tertiary/aromatic N) is 1. The number of nitrogens with two attached hydrogens (primary N) is 1. The molecule has 0 aromatic heterocycles. The van der Waals surface area contributed by atoms with E-state index in [1.807, 2.05) is 24.3 Å². The molecule has 0 spiro atoms. The molecule has 1 aliphatic heterocycles. The van der Waals surface area contributed by atoms with Crippen LogP contribution in [0.4, 0.5) is 0 Å². The summed E-state index contributed by atoms with van der Waals surface area (Å²) in [5.74, 6) is -0.0872. The summed E-state index contributed by atoms with van der Waals surface area (Å²) in [6.07, 6.45) is 0.968. The fourth-order valence-corrected chi connectivity index (χ4v) is 2.44. The summed E-state index contributed by atoms with van der Waals surface area (Å²) >= 11 is 5.88. The zero-order valence-electron chi connectivity index (χ0n) is 12.0. The molecule has 0 aliphatic carbocycles. The minimum Gasteiger partial charge on any atom is -0.350 e. The van der Waals surface area contributed by atoms with E-state index in [0.29, 0.717) is 0 Å². The van der Waals surface area contributed by atoms with E-state index >= 15 is 0 Å². The second-order valence-electron chi connectivity index (χ2n) is 6.04. The number of benzene rings is 1. The monoisotopic (exact) mass is 295 g/mol. The number of hydrogen-bond donors (Lipinski definition) is 2. The van der Waals surface area contributed by atoms with Gasteiger partial charge in [-0.1, -0.05) is 23.7 Å². The maximum atomic E-state index is 11.9. The molecule has 0 saturated carbocycles. The summed E-state index contributed by atoms with van der Waals surface area (Å²) in [7, 11) is 0. The predicted octanol–water partition coefficient (Wildman–Crippen LogP) is 1.77. The smallest absolute Gasteiger partial charge is 0.239 e. The molecule has 1 heterocycles. The van der Waals surface area contributed by atoms with Crippen LogP contribution < -0.4 is 11.1 Å². The molecule has 2 rings (SSSR count). The molecule has 1 aromatic carbocycles. The van der Waals surface area contributed by atoms with Gasteiger partial charge in [0.05, 0.1) is 5.54 Å². The number of nitrogens with one attached hydrogen (secondary N) is 1. The molecule has 110 valence electrons. The van der Waals surface area contributed by atoms with Crippen molar-refractivity contribution in [1.82, 2.24) is 10.2 Å². The molecule has 0 bridgehead atoms. The van der Waals surface area contributed by atoms with Gasteiger partial charge in [-0.25, -0.2) is 0 Å². The van der Waals surface area contributed by atoms with Crippen LogP contribution in [-0.4, -0.2) is 35.5 Å². The number of likely N-dealkylation sites (tertiary alicyclic amines) is 1. The van der Waals surface area contributed by atoms with Crippen LogP contribution in [0.3, 0.4) is 0 Å². The Morgan fingerprint density at radius 3 is 2.70 bits per heavy atom. The molecule has 1 aliphatic rings. The number of halogens is 1. The first kappa shape index (κ1) is 15.3. The van der Waals surface area contributed by atoms with Gasteiger partial charge in [0.1, 0.15) is 0 Å². The van der Waals surface area contributed by atoms with Crippen molar-refractivity contribution in [3.05, 3.63) is 34.9 Å². The van der Waals surface area contributed by atoms with Gasteiger partial charge in [0.25, 0.3) is 0 Å². The molecule has 1 fully saturated rings. The van der Waals surface area contributed by atoms with Crippen LogP contribution in [0.25, 0.3) is 0 Å². The second kappa shape index (κ2) is 6.12. The third kappa shape index (κ3) is 4.20. The topological polar surface area (TPSA) is 58.4 Å². The lowest BCUT2D eigenvalue weighted by atomic mass is 10.1. The predicted molar refractivity (Wildman–Crippen MR) is 81.5 cm³/mol. The minimum absolute atomic E-state index is 0.0872. The Bertz CT molecular complexity index is 467. The Balaban J connectivity index is 1.83. The normalized spacial score (nSPS) is 20.1. The van der Waals surface area contributed by atoms with Crippen molar-refractivity contribution in [3.8, 4) is 0 Å². The molecule has 1 aromatic rings. The summed E-state index contributed by atoms with van der Waals surface area (Å²) < 4.78 is 0.